The van der Waals surface area contributed by atoms with Gasteiger partial charge in [0.15, 0.2) is 0 Å². The van der Waals surface area contributed by atoms with Gasteiger partial charge in [-0.05, 0) is 51.0 Å². The minimum Gasteiger partial charge on any atom is -0.297 e. The molecule has 3 rings (SSSR count). The molecule has 0 aliphatic heterocycles. The molecule has 0 saturated heterocycles. The summed E-state index contributed by atoms with van der Waals surface area (Å²) in [6.07, 6.45) is 6.98. The zero-order valence-corrected chi connectivity index (χ0v) is 13.6. The van der Waals surface area contributed by atoms with Crippen LogP contribution in [-0.4, -0.2) is 16.8 Å². The van der Waals surface area contributed by atoms with Crippen LogP contribution in [0.5, 0.6) is 0 Å². The summed E-state index contributed by atoms with van der Waals surface area (Å²) in [7, 11) is 0. The van der Waals surface area contributed by atoms with Gasteiger partial charge < -0.3 is 0 Å². The first-order valence-corrected chi connectivity index (χ1v) is 9.10. The van der Waals surface area contributed by atoms with Crippen molar-refractivity contribution in [2.45, 2.75) is 68.0 Å². The molecule has 0 amide bonds. The average molecular weight is 300 g/mol. The van der Waals surface area contributed by atoms with E-state index < -0.39 is 0 Å². The van der Waals surface area contributed by atoms with E-state index in [0.29, 0.717) is 11.3 Å². The zero-order valence-electron chi connectivity index (χ0n) is 12.8. The lowest BCUT2D eigenvalue weighted by molar-refractivity contribution is 0.301. The van der Waals surface area contributed by atoms with Crippen molar-refractivity contribution in [3.63, 3.8) is 0 Å². The molecule has 1 N–H and O–H groups in total. The third-order valence-corrected chi connectivity index (χ3v) is 5.92. The number of nitrogens with one attached hydrogen (secondary N) is 1. The third kappa shape index (κ3) is 4.02. The van der Waals surface area contributed by atoms with E-state index in [4.69, 9.17) is 0 Å². The average Bonchev–Trinajstić information content (AvgIpc) is 3.29. The van der Waals surface area contributed by atoms with E-state index >= 15 is 0 Å². The maximum Gasteiger partial charge on any atom is 0.108 e. The highest BCUT2D eigenvalue weighted by molar-refractivity contribution is 7.99. The number of nitriles is 1. The summed E-state index contributed by atoms with van der Waals surface area (Å²) in [4.78, 5) is 0. The van der Waals surface area contributed by atoms with Gasteiger partial charge in [-0.3, -0.25) is 5.32 Å². The maximum atomic E-state index is 9.64. The highest BCUT2D eigenvalue weighted by Crippen LogP contribution is 2.38. The van der Waals surface area contributed by atoms with E-state index in [1.54, 1.807) is 0 Å². The number of rotatable bonds is 5. The first-order valence-electron chi connectivity index (χ1n) is 8.05. The molecule has 3 heteroatoms. The van der Waals surface area contributed by atoms with Crippen molar-refractivity contribution >= 4 is 11.8 Å². The quantitative estimate of drug-likeness (QED) is 0.886. The molecular weight excluding hydrogens is 276 g/mol. The van der Waals surface area contributed by atoms with Crippen LogP contribution < -0.4 is 5.32 Å². The van der Waals surface area contributed by atoms with E-state index in [1.165, 1.54) is 36.8 Å². The van der Waals surface area contributed by atoms with Crippen molar-refractivity contribution in [1.29, 1.82) is 5.26 Å². The molecule has 0 bridgehead atoms. The van der Waals surface area contributed by atoms with Gasteiger partial charge in [-0.1, -0.05) is 29.8 Å². The maximum absolute atomic E-state index is 9.64. The molecule has 2 aliphatic carbocycles. The Morgan fingerprint density at radius 3 is 2.95 bits per heavy atom. The molecule has 0 radical (unpaired) electrons. The first kappa shape index (κ1) is 14.9. The van der Waals surface area contributed by atoms with Crippen LogP contribution in [0.1, 0.15) is 49.7 Å². The Balaban J connectivity index is 1.57. The number of hydrogen-bond acceptors (Lipinski definition) is 3. The van der Waals surface area contributed by atoms with Crippen LogP contribution >= 0.6 is 11.8 Å². The van der Waals surface area contributed by atoms with E-state index in [1.807, 2.05) is 11.8 Å². The van der Waals surface area contributed by atoms with Crippen molar-refractivity contribution in [3.8, 4) is 6.07 Å². The fourth-order valence-electron chi connectivity index (χ4n) is 3.27. The number of hydrogen-bond donors (Lipinski definition) is 1. The summed E-state index contributed by atoms with van der Waals surface area (Å²) in [5.74, 6) is 1.07. The van der Waals surface area contributed by atoms with E-state index in [9.17, 15) is 5.26 Å². The number of aryl methyl sites for hydroxylation is 1. The van der Waals surface area contributed by atoms with Gasteiger partial charge in [0.05, 0.1) is 6.07 Å². The smallest absolute Gasteiger partial charge is 0.108 e. The summed E-state index contributed by atoms with van der Waals surface area (Å²) >= 11 is 2.03. The highest BCUT2D eigenvalue weighted by Gasteiger charge is 2.40. The van der Waals surface area contributed by atoms with Crippen molar-refractivity contribution in [2.75, 3.05) is 0 Å². The van der Waals surface area contributed by atoms with Crippen molar-refractivity contribution in [1.82, 2.24) is 5.32 Å². The molecule has 2 saturated carbocycles. The molecular formula is C18H24N2S. The van der Waals surface area contributed by atoms with E-state index in [-0.39, 0.29) is 5.54 Å². The SMILES string of the molecule is Cc1cccc(CSC2CCCC(C#N)(NC3CC3)C2)c1. The predicted octanol–water partition coefficient (Wildman–Crippen LogP) is 4.19. The van der Waals surface area contributed by atoms with Gasteiger partial charge in [-0.2, -0.15) is 17.0 Å². The fourth-order valence-corrected chi connectivity index (χ4v) is 4.61. The van der Waals surface area contributed by atoms with Crippen molar-refractivity contribution in [2.24, 2.45) is 0 Å². The van der Waals surface area contributed by atoms with Crippen molar-refractivity contribution < 1.29 is 0 Å². The van der Waals surface area contributed by atoms with Crippen LogP contribution in [-0.2, 0) is 5.75 Å². The molecule has 112 valence electrons. The summed E-state index contributed by atoms with van der Waals surface area (Å²) in [6, 6.07) is 12.0. The van der Waals surface area contributed by atoms with Gasteiger partial charge in [-0.15, -0.1) is 0 Å². The zero-order chi connectivity index (χ0) is 14.7. The Labute approximate surface area is 132 Å². The molecule has 2 atom stereocenters. The van der Waals surface area contributed by atoms with Crippen LogP contribution in [0.3, 0.4) is 0 Å². The van der Waals surface area contributed by atoms with E-state index in [0.717, 1.165) is 18.6 Å². The predicted molar refractivity (Wildman–Crippen MR) is 89.2 cm³/mol. The largest absolute Gasteiger partial charge is 0.297 e. The van der Waals surface area contributed by atoms with Crippen LogP contribution in [0.25, 0.3) is 0 Å². The first-order chi connectivity index (χ1) is 10.2. The van der Waals surface area contributed by atoms with Gasteiger partial charge in [0.25, 0.3) is 0 Å². The lowest BCUT2D eigenvalue weighted by Crippen LogP contribution is -2.49. The monoisotopic (exact) mass is 300 g/mol. The third-order valence-electron chi connectivity index (χ3n) is 4.55. The molecule has 0 spiro atoms. The van der Waals surface area contributed by atoms with Gasteiger partial charge in [0, 0.05) is 17.0 Å². The summed E-state index contributed by atoms with van der Waals surface area (Å²) < 4.78 is 0. The second-order valence-electron chi connectivity index (χ2n) is 6.63. The highest BCUT2D eigenvalue weighted by atomic mass is 32.2. The molecule has 1 aromatic rings. The minimum absolute atomic E-state index is 0.246. The lowest BCUT2D eigenvalue weighted by atomic mass is 9.82. The normalized spacial score (nSPS) is 29.0. The molecule has 21 heavy (non-hydrogen) atoms. The Morgan fingerprint density at radius 1 is 1.38 bits per heavy atom. The van der Waals surface area contributed by atoms with Crippen LogP contribution in [0.2, 0.25) is 0 Å². The van der Waals surface area contributed by atoms with E-state index in [2.05, 4.69) is 42.6 Å². The second-order valence-corrected chi connectivity index (χ2v) is 7.92. The van der Waals surface area contributed by atoms with Gasteiger partial charge in [-0.25, -0.2) is 0 Å². The Kier molecular flexibility index (Phi) is 4.57. The van der Waals surface area contributed by atoms with Crippen molar-refractivity contribution in [3.05, 3.63) is 35.4 Å². The molecule has 0 aromatic heterocycles. The topological polar surface area (TPSA) is 35.8 Å². The van der Waals surface area contributed by atoms with Gasteiger partial charge in [0.2, 0.25) is 0 Å². The number of nitrogens with zero attached hydrogens (tertiary/aromatic N) is 1. The van der Waals surface area contributed by atoms with Gasteiger partial charge >= 0.3 is 0 Å². The van der Waals surface area contributed by atoms with Crippen LogP contribution in [0.4, 0.5) is 0 Å². The lowest BCUT2D eigenvalue weighted by Gasteiger charge is -2.36. The van der Waals surface area contributed by atoms with Crippen LogP contribution in [0, 0.1) is 18.3 Å². The number of benzene rings is 1. The fraction of sp³-hybridized carbons (Fsp3) is 0.611. The Hall–Kier alpha value is -0.980. The van der Waals surface area contributed by atoms with Crippen LogP contribution in [0.15, 0.2) is 24.3 Å². The minimum atomic E-state index is -0.246. The summed E-state index contributed by atoms with van der Waals surface area (Å²) in [5, 5.41) is 13.9. The Bertz CT molecular complexity index is 532. The van der Waals surface area contributed by atoms with Gasteiger partial charge in [0.1, 0.15) is 5.54 Å². The summed E-state index contributed by atoms with van der Waals surface area (Å²) in [6.45, 7) is 2.15. The standard InChI is InChI=1S/C18H24N2S/c1-14-4-2-5-15(10-14)12-21-17-6-3-9-18(11-17,13-19)20-16-7-8-16/h2,4-5,10,16-17,20H,3,6-9,11-12H2,1H3. The molecule has 0 heterocycles. The molecule has 2 nitrogen and oxygen atoms in total. The number of thioether (sulfide) groups is 1. The molecule has 2 aliphatic rings. The molecule has 2 fully saturated rings. The molecule has 2 unspecified atom stereocenters. The second kappa shape index (κ2) is 6.42. The Morgan fingerprint density at radius 2 is 2.24 bits per heavy atom. The molecule has 1 aromatic carbocycles. The summed E-state index contributed by atoms with van der Waals surface area (Å²) in [5.41, 5.74) is 2.49.